The summed E-state index contributed by atoms with van der Waals surface area (Å²) in [7, 11) is 0. The first-order chi connectivity index (χ1) is 16.3. The van der Waals surface area contributed by atoms with E-state index in [-0.39, 0.29) is 28.5 Å². The Hall–Kier alpha value is -1.61. The van der Waals surface area contributed by atoms with Crippen LogP contribution in [0.1, 0.15) is 38.8 Å². The van der Waals surface area contributed by atoms with Crippen LogP contribution in [0, 0.1) is 68.1 Å². The van der Waals surface area contributed by atoms with E-state index in [9.17, 15) is 5.11 Å². The van der Waals surface area contributed by atoms with Gasteiger partial charge in [0, 0.05) is 5.92 Å². The van der Waals surface area contributed by atoms with Gasteiger partial charge in [0.15, 0.2) is 5.90 Å². The molecule has 2 fully saturated rings. The van der Waals surface area contributed by atoms with Gasteiger partial charge >= 0.3 is 17.1 Å². The molecule has 1 heterocycles. The second kappa shape index (κ2) is 12.1. The molecule has 0 unspecified atom stereocenters. The van der Waals surface area contributed by atoms with E-state index in [4.69, 9.17) is 4.74 Å². The standard InChI is InChI=1S/C18H15O.C13H18NO.Fe/c19-18(17-13-7-8-14-17,15-9-3-1-4-10-15)16-11-5-2-6-12-16;1-9-6-5-7-10(9)12-14-11(8-15-12)13(2,3)4;/h1-14,19H;5-7,11H,8H2,1-4H3;/q;;+2/t;11-;/m.1./s1. The molecule has 4 heteroatoms. The molecule has 0 bridgehead atoms. The largest absolute Gasteiger partial charge is 2.00 e. The summed E-state index contributed by atoms with van der Waals surface area (Å²) in [6, 6.07) is 19.8. The summed E-state index contributed by atoms with van der Waals surface area (Å²) < 4.78 is 5.67. The van der Waals surface area contributed by atoms with E-state index in [1.807, 2.05) is 92.8 Å². The van der Waals surface area contributed by atoms with Crippen LogP contribution in [-0.2, 0) is 27.4 Å². The second-order valence-electron chi connectivity index (χ2n) is 9.87. The van der Waals surface area contributed by atoms with Crippen LogP contribution >= 0.6 is 0 Å². The Morgan fingerprint density at radius 3 is 1.77 bits per heavy atom. The monoisotopic (exact) mass is 507 g/mol. The van der Waals surface area contributed by atoms with Gasteiger partial charge in [0.2, 0.25) is 0 Å². The first kappa shape index (κ1) is 28.0. The molecule has 1 aliphatic heterocycles. The van der Waals surface area contributed by atoms with Crippen molar-refractivity contribution in [1.82, 2.24) is 0 Å². The van der Waals surface area contributed by atoms with Crippen LogP contribution in [0.15, 0.2) is 65.7 Å². The van der Waals surface area contributed by atoms with Crippen LogP contribution in [0.4, 0.5) is 0 Å². The van der Waals surface area contributed by atoms with Crippen LogP contribution in [0.2, 0.25) is 0 Å². The van der Waals surface area contributed by atoms with Gasteiger partial charge in [-0.1, -0.05) is 88.4 Å². The summed E-state index contributed by atoms with van der Waals surface area (Å²) in [5.41, 5.74) is 0.855. The third-order valence-electron chi connectivity index (χ3n) is 6.38. The van der Waals surface area contributed by atoms with Gasteiger partial charge in [0.1, 0.15) is 12.2 Å². The van der Waals surface area contributed by atoms with E-state index >= 15 is 0 Å². The molecule has 5 rings (SSSR count). The fourth-order valence-electron chi connectivity index (χ4n) is 4.19. The molecular formula is C31H33FeNO2+2. The van der Waals surface area contributed by atoms with Crippen LogP contribution in [0.3, 0.4) is 0 Å². The minimum absolute atomic E-state index is 0. The molecule has 1 N–H and O–H groups in total. The maximum atomic E-state index is 11.3. The molecule has 35 heavy (non-hydrogen) atoms. The van der Waals surface area contributed by atoms with E-state index in [0.29, 0.717) is 6.61 Å². The molecule has 2 aliphatic carbocycles. The molecule has 0 amide bonds. The number of aliphatic hydroxyl groups is 1. The second-order valence-corrected chi connectivity index (χ2v) is 9.87. The summed E-state index contributed by atoms with van der Waals surface area (Å²) in [6.45, 7) is 9.40. The van der Waals surface area contributed by atoms with E-state index in [1.165, 1.54) is 5.92 Å². The Morgan fingerprint density at radius 1 is 0.800 bits per heavy atom. The molecule has 3 aliphatic rings. The van der Waals surface area contributed by atoms with Crippen LogP contribution in [-0.4, -0.2) is 23.7 Å². The quantitative estimate of drug-likeness (QED) is 0.520. The molecule has 0 aromatic heterocycles. The third-order valence-corrected chi connectivity index (χ3v) is 6.38. The van der Waals surface area contributed by atoms with Crippen LogP contribution in [0.25, 0.3) is 0 Å². The number of aliphatic imine (C=N–C) groups is 1. The smallest absolute Gasteiger partial charge is 0.478 e. The molecule has 2 saturated carbocycles. The van der Waals surface area contributed by atoms with Gasteiger partial charge in [-0.3, -0.25) is 0 Å². The minimum Gasteiger partial charge on any atom is -0.478 e. The normalized spacial score (nSPS) is 21.6. The maximum Gasteiger partial charge on any atom is 2.00 e. The minimum atomic E-state index is -1.09. The van der Waals surface area contributed by atoms with Crippen molar-refractivity contribution in [3.05, 3.63) is 134 Å². The Labute approximate surface area is 223 Å². The number of nitrogens with zero attached hydrogens (tertiary/aromatic N) is 1. The molecular weight excluding hydrogens is 474 g/mol. The van der Waals surface area contributed by atoms with Gasteiger partial charge in [0.05, 0.1) is 12.0 Å². The van der Waals surface area contributed by atoms with Crippen molar-refractivity contribution in [3.63, 3.8) is 0 Å². The summed E-state index contributed by atoms with van der Waals surface area (Å²) in [5.74, 6) is 4.09. The predicted octanol–water partition coefficient (Wildman–Crippen LogP) is 5.95. The van der Waals surface area contributed by atoms with E-state index in [0.717, 1.165) is 28.9 Å². The summed E-state index contributed by atoms with van der Waals surface area (Å²) in [4.78, 5) is 4.66. The molecule has 180 valence electrons. The third kappa shape index (κ3) is 6.40. The van der Waals surface area contributed by atoms with Crippen LogP contribution < -0.4 is 0 Å². The van der Waals surface area contributed by atoms with Crippen molar-refractivity contribution < 1.29 is 26.9 Å². The topological polar surface area (TPSA) is 41.8 Å². The average Bonchev–Trinajstić information content (AvgIpc) is 3.61. The zero-order chi connectivity index (χ0) is 24.2. The van der Waals surface area contributed by atoms with Gasteiger partial charge in [0.25, 0.3) is 0 Å². The van der Waals surface area contributed by atoms with Crippen molar-refractivity contribution in [2.24, 2.45) is 10.4 Å². The van der Waals surface area contributed by atoms with Gasteiger partial charge in [-0.15, -0.1) is 0 Å². The first-order valence-electron chi connectivity index (χ1n) is 11.8. The molecule has 0 saturated heterocycles. The Morgan fingerprint density at radius 2 is 1.34 bits per heavy atom. The number of rotatable bonds is 4. The number of benzene rings is 2. The van der Waals surface area contributed by atoms with E-state index < -0.39 is 5.60 Å². The summed E-state index contributed by atoms with van der Waals surface area (Å²) >= 11 is 0. The van der Waals surface area contributed by atoms with Gasteiger partial charge < -0.3 is 9.84 Å². The van der Waals surface area contributed by atoms with Gasteiger partial charge in [-0.2, -0.15) is 0 Å². The van der Waals surface area contributed by atoms with Crippen molar-refractivity contribution in [3.8, 4) is 0 Å². The fourth-order valence-corrected chi connectivity index (χ4v) is 4.19. The summed E-state index contributed by atoms with van der Waals surface area (Å²) in [5, 5.41) is 11.3. The van der Waals surface area contributed by atoms with Crippen molar-refractivity contribution in [1.29, 1.82) is 0 Å². The molecule has 0 spiro atoms. The zero-order valence-electron chi connectivity index (χ0n) is 20.8. The first-order valence-corrected chi connectivity index (χ1v) is 11.8. The van der Waals surface area contributed by atoms with Crippen molar-refractivity contribution >= 4 is 5.90 Å². The maximum absolute atomic E-state index is 11.3. The number of ether oxygens (including phenoxy) is 1. The molecule has 10 radical (unpaired) electrons. The molecule has 2 aromatic rings. The molecule has 2 aromatic carbocycles. The predicted molar refractivity (Wildman–Crippen MR) is 138 cm³/mol. The van der Waals surface area contributed by atoms with Gasteiger partial charge in [-0.25, -0.2) is 4.99 Å². The van der Waals surface area contributed by atoms with Gasteiger partial charge in [-0.05, 0) is 67.4 Å². The fraction of sp³-hybridized carbons (Fsp3) is 0.258. The van der Waals surface area contributed by atoms with Crippen LogP contribution in [0.5, 0.6) is 0 Å². The SMILES string of the molecule is C[C]1[CH][CH][CH][C]1C1=N[C@@H](C(C)(C)C)CO1.OC([C]1[CH][CH][CH][CH]1)(c1ccccc1)c1ccccc1.[Fe+2]. The number of hydrogen-bond acceptors (Lipinski definition) is 3. The van der Waals surface area contributed by atoms with Crippen molar-refractivity contribution in [2.75, 3.05) is 6.61 Å². The molecule has 3 nitrogen and oxygen atoms in total. The summed E-state index contributed by atoms with van der Waals surface area (Å²) in [6.07, 6.45) is 14.0. The van der Waals surface area contributed by atoms with E-state index in [2.05, 4.69) is 45.5 Å². The number of hydrogen-bond donors (Lipinski definition) is 1. The average molecular weight is 507 g/mol. The Balaban J connectivity index is 0.000000195. The van der Waals surface area contributed by atoms with E-state index in [1.54, 1.807) is 0 Å². The zero-order valence-corrected chi connectivity index (χ0v) is 21.9. The Kier molecular flexibility index (Phi) is 9.66. The Bertz CT molecular complexity index is 892. The van der Waals surface area contributed by atoms with Crippen molar-refractivity contribution in [2.45, 2.75) is 39.3 Å². The molecule has 1 atom stereocenters.